The highest BCUT2D eigenvalue weighted by Crippen LogP contribution is 2.47. The second-order valence-electron chi connectivity index (χ2n) is 7.42. The number of anilines is 1. The third-order valence-corrected chi connectivity index (χ3v) is 5.55. The van der Waals surface area contributed by atoms with Gasteiger partial charge >= 0.3 is 0 Å². The molecule has 1 saturated carbocycles. The van der Waals surface area contributed by atoms with Crippen molar-refractivity contribution in [1.29, 1.82) is 0 Å². The largest absolute Gasteiger partial charge is 0.378 e. The van der Waals surface area contributed by atoms with Gasteiger partial charge in [0, 0.05) is 24.7 Å². The highest BCUT2D eigenvalue weighted by molar-refractivity contribution is 5.83. The van der Waals surface area contributed by atoms with Crippen molar-refractivity contribution in [2.24, 2.45) is 5.92 Å². The summed E-state index contributed by atoms with van der Waals surface area (Å²) >= 11 is 0. The van der Waals surface area contributed by atoms with Crippen LogP contribution in [-0.2, 0) is 9.53 Å². The van der Waals surface area contributed by atoms with Crippen molar-refractivity contribution in [1.82, 2.24) is 5.32 Å². The first-order valence-corrected chi connectivity index (χ1v) is 9.60. The Balaban J connectivity index is 1.33. The van der Waals surface area contributed by atoms with Crippen molar-refractivity contribution >= 4 is 11.6 Å². The first-order valence-electron chi connectivity index (χ1n) is 9.60. The predicted octanol–water partition coefficient (Wildman–Crippen LogP) is 3.64. The second-order valence-corrected chi connectivity index (χ2v) is 7.42. The summed E-state index contributed by atoms with van der Waals surface area (Å²) in [4.78, 5) is 14.9. The van der Waals surface area contributed by atoms with Gasteiger partial charge in [-0.15, -0.1) is 0 Å². The molecule has 3 atom stereocenters. The summed E-state index contributed by atoms with van der Waals surface area (Å²) in [7, 11) is 0. The highest BCUT2D eigenvalue weighted by atomic mass is 19.1. The van der Waals surface area contributed by atoms with Crippen LogP contribution in [0.3, 0.4) is 0 Å². The third kappa shape index (κ3) is 4.14. The van der Waals surface area contributed by atoms with Crippen LogP contribution in [0.5, 0.6) is 0 Å². The number of ether oxygens (including phenoxy) is 1. The fraction of sp³-hybridized carbons (Fsp3) is 0.409. The molecule has 27 heavy (non-hydrogen) atoms. The molecule has 1 saturated heterocycles. The summed E-state index contributed by atoms with van der Waals surface area (Å²) in [6, 6.07) is 14.8. The molecule has 5 heteroatoms. The number of amides is 1. The Kier molecular flexibility index (Phi) is 5.12. The number of morpholine rings is 1. The van der Waals surface area contributed by atoms with Crippen LogP contribution in [0.15, 0.2) is 48.5 Å². The Bertz CT molecular complexity index is 785. The van der Waals surface area contributed by atoms with Gasteiger partial charge in [0.1, 0.15) is 5.82 Å². The third-order valence-electron chi connectivity index (χ3n) is 5.55. The van der Waals surface area contributed by atoms with Gasteiger partial charge in [0.2, 0.25) is 5.91 Å². The smallest absolute Gasteiger partial charge is 0.224 e. The van der Waals surface area contributed by atoms with E-state index < -0.39 is 0 Å². The van der Waals surface area contributed by atoms with E-state index in [2.05, 4.69) is 34.5 Å². The van der Waals surface area contributed by atoms with Crippen LogP contribution in [0, 0.1) is 11.7 Å². The average Bonchev–Trinajstić information content (AvgIpc) is 3.50. The number of rotatable bonds is 5. The maximum Gasteiger partial charge on any atom is 0.224 e. The molecule has 1 amide bonds. The van der Waals surface area contributed by atoms with Crippen LogP contribution >= 0.6 is 0 Å². The minimum atomic E-state index is -0.241. The molecule has 0 aromatic heterocycles. The Morgan fingerprint density at radius 3 is 2.44 bits per heavy atom. The van der Waals surface area contributed by atoms with Gasteiger partial charge in [-0.05, 0) is 54.7 Å². The van der Waals surface area contributed by atoms with Crippen LogP contribution < -0.4 is 10.2 Å². The molecule has 142 valence electrons. The molecule has 4 rings (SSSR count). The molecule has 1 heterocycles. The van der Waals surface area contributed by atoms with E-state index in [0.717, 1.165) is 43.9 Å². The molecule has 1 aliphatic heterocycles. The molecule has 1 aliphatic carbocycles. The second kappa shape index (κ2) is 7.69. The van der Waals surface area contributed by atoms with E-state index in [1.54, 1.807) is 12.1 Å². The van der Waals surface area contributed by atoms with Crippen LogP contribution in [0.2, 0.25) is 0 Å². The first kappa shape index (κ1) is 18.0. The zero-order valence-corrected chi connectivity index (χ0v) is 15.5. The number of nitrogens with one attached hydrogen (secondary N) is 1. The molecule has 2 fully saturated rings. The van der Waals surface area contributed by atoms with E-state index in [1.165, 1.54) is 17.8 Å². The van der Waals surface area contributed by atoms with E-state index >= 15 is 0 Å². The number of hydrogen-bond acceptors (Lipinski definition) is 3. The number of halogens is 1. The lowest BCUT2D eigenvalue weighted by atomic mass is 10.1. The summed E-state index contributed by atoms with van der Waals surface area (Å²) in [5.41, 5.74) is 3.33. The van der Waals surface area contributed by atoms with Gasteiger partial charge in [-0.1, -0.05) is 24.3 Å². The summed E-state index contributed by atoms with van der Waals surface area (Å²) in [5, 5.41) is 3.12. The fourth-order valence-corrected chi connectivity index (χ4v) is 3.76. The quantitative estimate of drug-likeness (QED) is 0.876. The van der Waals surface area contributed by atoms with Crippen molar-refractivity contribution in [2.75, 3.05) is 31.2 Å². The molecule has 0 spiro atoms. The van der Waals surface area contributed by atoms with E-state index in [1.807, 2.05) is 6.92 Å². The highest BCUT2D eigenvalue weighted by Gasteiger charge is 2.44. The zero-order chi connectivity index (χ0) is 18.8. The van der Waals surface area contributed by atoms with E-state index in [0.29, 0.717) is 0 Å². The monoisotopic (exact) mass is 368 g/mol. The van der Waals surface area contributed by atoms with E-state index in [-0.39, 0.29) is 29.6 Å². The SMILES string of the molecule is CC(NC(=O)C1CC1c1ccc(F)cc1)c1ccc(N2CCOCC2)cc1. The number of carbonyl (C=O) groups excluding carboxylic acids is 1. The van der Waals surface area contributed by atoms with Crippen LogP contribution in [0.4, 0.5) is 10.1 Å². The molecule has 2 aliphatic rings. The first-order chi connectivity index (χ1) is 13.1. The molecule has 3 unspecified atom stereocenters. The maximum atomic E-state index is 13.0. The predicted molar refractivity (Wildman–Crippen MR) is 103 cm³/mol. The van der Waals surface area contributed by atoms with Gasteiger partial charge in [-0.25, -0.2) is 4.39 Å². The molecular weight excluding hydrogens is 343 g/mol. The minimum absolute atomic E-state index is 0.00876. The number of carbonyl (C=O) groups is 1. The van der Waals surface area contributed by atoms with Gasteiger partial charge in [0.15, 0.2) is 0 Å². The van der Waals surface area contributed by atoms with Crippen molar-refractivity contribution in [2.45, 2.75) is 25.3 Å². The Morgan fingerprint density at radius 2 is 1.78 bits per heavy atom. The standard InChI is InChI=1S/C22H25FN2O2/c1-15(16-4-8-19(9-5-16)25-10-12-27-13-11-25)24-22(26)21-14-20(21)17-2-6-18(23)7-3-17/h2-9,15,20-21H,10-14H2,1H3,(H,24,26). The van der Waals surface area contributed by atoms with Crippen LogP contribution in [0.25, 0.3) is 0 Å². The fourth-order valence-electron chi connectivity index (χ4n) is 3.76. The molecule has 0 bridgehead atoms. The topological polar surface area (TPSA) is 41.6 Å². The van der Waals surface area contributed by atoms with Gasteiger partial charge in [0.25, 0.3) is 0 Å². The lowest BCUT2D eigenvalue weighted by Gasteiger charge is -2.29. The van der Waals surface area contributed by atoms with Crippen LogP contribution in [0.1, 0.15) is 36.4 Å². The van der Waals surface area contributed by atoms with Crippen molar-refractivity contribution in [3.05, 3.63) is 65.5 Å². The minimum Gasteiger partial charge on any atom is -0.378 e. The zero-order valence-electron chi connectivity index (χ0n) is 15.5. The summed E-state index contributed by atoms with van der Waals surface area (Å²) in [6.45, 7) is 5.38. The lowest BCUT2D eigenvalue weighted by Crippen LogP contribution is -2.36. The van der Waals surface area contributed by atoms with Gasteiger partial charge < -0.3 is 15.0 Å². The lowest BCUT2D eigenvalue weighted by molar-refractivity contribution is -0.123. The molecule has 4 nitrogen and oxygen atoms in total. The Labute approximate surface area is 159 Å². The van der Waals surface area contributed by atoms with Crippen LogP contribution in [-0.4, -0.2) is 32.2 Å². The van der Waals surface area contributed by atoms with Crippen molar-refractivity contribution in [3.63, 3.8) is 0 Å². The summed E-state index contributed by atoms with van der Waals surface area (Å²) in [5.74, 6) is 0.0376. The number of nitrogens with zero attached hydrogens (tertiary/aromatic N) is 1. The van der Waals surface area contributed by atoms with Crippen molar-refractivity contribution < 1.29 is 13.9 Å². The molecule has 0 radical (unpaired) electrons. The number of hydrogen-bond donors (Lipinski definition) is 1. The summed E-state index contributed by atoms with van der Waals surface area (Å²) in [6.07, 6.45) is 0.833. The molecule has 2 aromatic rings. The van der Waals surface area contributed by atoms with E-state index in [4.69, 9.17) is 4.74 Å². The van der Waals surface area contributed by atoms with Gasteiger partial charge in [-0.2, -0.15) is 0 Å². The number of benzene rings is 2. The molecule has 1 N–H and O–H groups in total. The summed E-state index contributed by atoms with van der Waals surface area (Å²) < 4.78 is 18.4. The van der Waals surface area contributed by atoms with Gasteiger partial charge in [0.05, 0.1) is 19.3 Å². The Morgan fingerprint density at radius 1 is 1.11 bits per heavy atom. The van der Waals surface area contributed by atoms with Gasteiger partial charge in [-0.3, -0.25) is 4.79 Å². The maximum absolute atomic E-state index is 13.0. The van der Waals surface area contributed by atoms with E-state index in [9.17, 15) is 9.18 Å². The normalized spacial score (nSPS) is 23.0. The molecular formula is C22H25FN2O2. The average molecular weight is 368 g/mol. The Hall–Kier alpha value is -2.40. The van der Waals surface area contributed by atoms with Crippen molar-refractivity contribution in [3.8, 4) is 0 Å². The molecule has 2 aromatic carbocycles.